The number of fused-ring (bicyclic) bond motifs is 1. The van der Waals surface area contributed by atoms with Crippen LogP contribution in [0.1, 0.15) is 31.4 Å². The standard InChI is InChI=1S/C17H20F2N2O2/c1-10-8-16(21-11-2-4-12(22)5-3-11)14-9-13(23-17(18)19)6-7-15(14)20-10/h6-9,11-12,17,22H,2-5H2,1H3,(H,20,21). The highest BCUT2D eigenvalue weighted by atomic mass is 19.3. The molecule has 1 fully saturated rings. The van der Waals surface area contributed by atoms with Gasteiger partial charge in [0.25, 0.3) is 0 Å². The van der Waals surface area contributed by atoms with Crippen molar-refractivity contribution in [2.45, 2.75) is 51.4 Å². The Morgan fingerprint density at radius 3 is 2.65 bits per heavy atom. The zero-order valence-electron chi connectivity index (χ0n) is 12.9. The number of nitrogens with one attached hydrogen (secondary N) is 1. The molecule has 0 aliphatic heterocycles. The van der Waals surface area contributed by atoms with Gasteiger partial charge >= 0.3 is 6.61 Å². The lowest BCUT2D eigenvalue weighted by atomic mass is 9.93. The normalized spacial score (nSPS) is 21.6. The van der Waals surface area contributed by atoms with Gasteiger partial charge in [-0.15, -0.1) is 0 Å². The van der Waals surface area contributed by atoms with E-state index in [0.29, 0.717) is 0 Å². The summed E-state index contributed by atoms with van der Waals surface area (Å²) in [6.07, 6.45) is 3.11. The smallest absolute Gasteiger partial charge is 0.387 e. The van der Waals surface area contributed by atoms with Crippen molar-refractivity contribution in [1.82, 2.24) is 4.98 Å². The van der Waals surface area contributed by atoms with Crippen molar-refractivity contribution in [3.05, 3.63) is 30.0 Å². The molecule has 0 saturated heterocycles. The molecule has 6 heteroatoms. The van der Waals surface area contributed by atoms with E-state index in [4.69, 9.17) is 0 Å². The fourth-order valence-electron chi connectivity index (χ4n) is 3.07. The van der Waals surface area contributed by atoms with Gasteiger partial charge in [-0.25, -0.2) is 0 Å². The second kappa shape index (κ2) is 6.66. The Morgan fingerprint density at radius 2 is 1.96 bits per heavy atom. The Labute approximate surface area is 133 Å². The van der Waals surface area contributed by atoms with E-state index in [0.717, 1.165) is 48.0 Å². The summed E-state index contributed by atoms with van der Waals surface area (Å²) in [5.41, 5.74) is 2.47. The van der Waals surface area contributed by atoms with Crippen molar-refractivity contribution in [3.63, 3.8) is 0 Å². The summed E-state index contributed by atoms with van der Waals surface area (Å²) >= 11 is 0. The summed E-state index contributed by atoms with van der Waals surface area (Å²) in [6.45, 7) is -0.944. The van der Waals surface area contributed by atoms with Crippen molar-refractivity contribution in [3.8, 4) is 5.75 Å². The average Bonchev–Trinajstić information content (AvgIpc) is 2.49. The molecule has 1 saturated carbocycles. The first kappa shape index (κ1) is 15.9. The van der Waals surface area contributed by atoms with Crippen LogP contribution in [0.4, 0.5) is 14.5 Å². The van der Waals surface area contributed by atoms with E-state index in [-0.39, 0.29) is 17.9 Å². The minimum atomic E-state index is -2.85. The molecule has 3 rings (SSSR count). The van der Waals surface area contributed by atoms with Crippen LogP contribution in [0, 0.1) is 6.92 Å². The Morgan fingerprint density at radius 1 is 1.22 bits per heavy atom. The van der Waals surface area contributed by atoms with Crippen LogP contribution in [0.2, 0.25) is 0 Å². The average molecular weight is 322 g/mol. The second-order valence-electron chi connectivity index (χ2n) is 6.02. The van der Waals surface area contributed by atoms with E-state index in [2.05, 4.69) is 15.0 Å². The van der Waals surface area contributed by atoms with E-state index < -0.39 is 6.61 Å². The zero-order chi connectivity index (χ0) is 16.4. The van der Waals surface area contributed by atoms with Crippen LogP contribution < -0.4 is 10.1 Å². The number of aliphatic hydroxyl groups is 1. The van der Waals surface area contributed by atoms with Gasteiger partial charge in [0.1, 0.15) is 5.75 Å². The van der Waals surface area contributed by atoms with Crippen LogP contribution in [0.5, 0.6) is 5.75 Å². The number of alkyl halides is 2. The summed E-state index contributed by atoms with van der Waals surface area (Å²) in [4.78, 5) is 4.44. The summed E-state index contributed by atoms with van der Waals surface area (Å²) in [5.74, 6) is 0.125. The summed E-state index contributed by atoms with van der Waals surface area (Å²) in [7, 11) is 0. The van der Waals surface area contributed by atoms with E-state index in [1.165, 1.54) is 6.07 Å². The molecule has 1 aromatic carbocycles. The maximum atomic E-state index is 12.4. The molecule has 124 valence electrons. The SMILES string of the molecule is Cc1cc(NC2CCC(O)CC2)c2cc(OC(F)F)ccc2n1. The molecule has 0 spiro atoms. The minimum Gasteiger partial charge on any atom is -0.435 e. The van der Waals surface area contributed by atoms with Gasteiger partial charge in [-0.3, -0.25) is 4.98 Å². The lowest BCUT2D eigenvalue weighted by Gasteiger charge is -2.27. The number of pyridine rings is 1. The van der Waals surface area contributed by atoms with Gasteiger partial charge in [0.05, 0.1) is 11.6 Å². The predicted molar refractivity (Wildman–Crippen MR) is 85.0 cm³/mol. The van der Waals surface area contributed by atoms with E-state index >= 15 is 0 Å². The molecule has 4 nitrogen and oxygen atoms in total. The summed E-state index contributed by atoms with van der Waals surface area (Å²) in [6, 6.07) is 6.97. The van der Waals surface area contributed by atoms with Crippen LogP contribution in [0.25, 0.3) is 10.9 Å². The van der Waals surface area contributed by atoms with Crippen LogP contribution in [0.3, 0.4) is 0 Å². The van der Waals surface area contributed by atoms with Gasteiger partial charge < -0.3 is 15.2 Å². The Hall–Kier alpha value is -1.95. The molecule has 1 aliphatic rings. The lowest BCUT2D eigenvalue weighted by Crippen LogP contribution is -2.28. The third-order valence-corrected chi connectivity index (χ3v) is 4.19. The molecular formula is C17H20F2N2O2. The number of anilines is 1. The summed E-state index contributed by atoms with van der Waals surface area (Å²) < 4.78 is 29.3. The highest BCUT2D eigenvalue weighted by Crippen LogP contribution is 2.30. The van der Waals surface area contributed by atoms with Crippen molar-refractivity contribution >= 4 is 16.6 Å². The number of rotatable bonds is 4. The topological polar surface area (TPSA) is 54.4 Å². The molecule has 0 radical (unpaired) electrons. The first-order chi connectivity index (χ1) is 11.0. The van der Waals surface area contributed by atoms with E-state index in [1.54, 1.807) is 12.1 Å². The summed E-state index contributed by atoms with van der Waals surface area (Å²) in [5, 5.41) is 13.8. The molecule has 1 aromatic heterocycles. The third kappa shape index (κ3) is 3.88. The maximum absolute atomic E-state index is 12.4. The molecule has 0 bridgehead atoms. The largest absolute Gasteiger partial charge is 0.435 e. The highest BCUT2D eigenvalue weighted by Gasteiger charge is 2.20. The molecule has 1 aliphatic carbocycles. The lowest BCUT2D eigenvalue weighted by molar-refractivity contribution is -0.0497. The number of hydrogen-bond donors (Lipinski definition) is 2. The molecule has 1 heterocycles. The van der Waals surface area contributed by atoms with Crippen LogP contribution in [-0.2, 0) is 0 Å². The Kier molecular flexibility index (Phi) is 4.61. The van der Waals surface area contributed by atoms with Crippen LogP contribution >= 0.6 is 0 Å². The molecule has 0 unspecified atom stereocenters. The van der Waals surface area contributed by atoms with Gasteiger partial charge in [-0.1, -0.05) is 0 Å². The van der Waals surface area contributed by atoms with Crippen molar-refractivity contribution < 1.29 is 18.6 Å². The van der Waals surface area contributed by atoms with Gasteiger partial charge in [0.2, 0.25) is 0 Å². The molecule has 2 N–H and O–H groups in total. The van der Waals surface area contributed by atoms with Crippen molar-refractivity contribution in [1.29, 1.82) is 0 Å². The van der Waals surface area contributed by atoms with Gasteiger partial charge in [-0.2, -0.15) is 8.78 Å². The van der Waals surface area contributed by atoms with Crippen molar-refractivity contribution in [2.75, 3.05) is 5.32 Å². The van der Waals surface area contributed by atoms with Gasteiger partial charge in [0.15, 0.2) is 0 Å². The van der Waals surface area contributed by atoms with Gasteiger partial charge in [-0.05, 0) is 56.9 Å². The maximum Gasteiger partial charge on any atom is 0.387 e. The van der Waals surface area contributed by atoms with Gasteiger partial charge in [0, 0.05) is 22.8 Å². The third-order valence-electron chi connectivity index (χ3n) is 4.19. The Bertz CT molecular complexity index is 686. The number of nitrogens with zero attached hydrogens (tertiary/aromatic N) is 1. The second-order valence-corrected chi connectivity index (χ2v) is 6.02. The molecular weight excluding hydrogens is 302 g/mol. The van der Waals surface area contributed by atoms with Crippen LogP contribution in [0.15, 0.2) is 24.3 Å². The molecule has 0 atom stereocenters. The monoisotopic (exact) mass is 322 g/mol. The predicted octanol–water partition coefficient (Wildman–Crippen LogP) is 3.86. The van der Waals surface area contributed by atoms with E-state index in [9.17, 15) is 13.9 Å². The number of halogens is 2. The number of aliphatic hydroxyl groups excluding tert-OH is 1. The number of aromatic nitrogens is 1. The fourth-order valence-corrected chi connectivity index (χ4v) is 3.07. The molecule has 23 heavy (non-hydrogen) atoms. The number of aryl methyl sites for hydroxylation is 1. The zero-order valence-corrected chi connectivity index (χ0v) is 12.9. The fraction of sp³-hybridized carbons (Fsp3) is 0.471. The van der Waals surface area contributed by atoms with Crippen LogP contribution in [-0.4, -0.2) is 28.8 Å². The minimum absolute atomic E-state index is 0.125. The van der Waals surface area contributed by atoms with E-state index in [1.807, 2.05) is 13.0 Å². The first-order valence-electron chi connectivity index (χ1n) is 7.82. The molecule has 0 amide bonds. The Balaban J connectivity index is 1.90. The first-order valence-corrected chi connectivity index (χ1v) is 7.82. The quantitative estimate of drug-likeness (QED) is 0.897. The van der Waals surface area contributed by atoms with Crippen molar-refractivity contribution in [2.24, 2.45) is 0 Å². The molecule has 2 aromatic rings. The number of benzene rings is 1. The highest BCUT2D eigenvalue weighted by molar-refractivity contribution is 5.92. The number of hydrogen-bond acceptors (Lipinski definition) is 4. The number of ether oxygens (including phenoxy) is 1.